The van der Waals surface area contributed by atoms with Crippen LogP contribution in [-0.4, -0.2) is 29.5 Å². The van der Waals surface area contributed by atoms with E-state index in [1.165, 1.54) is 47.9 Å². The number of aromatic nitrogens is 1. The van der Waals surface area contributed by atoms with Gasteiger partial charge in [-0.3, -0.25) is 9.59 Å². The Bertz CT molecular complexity index is 755. The Kier molecular flexibility index (Phi) is 4.60. The molecule has 0 atom stereocenters. The summed E-state index contributed by atoms with van der Waals surface area (Å²) in [5.41, 5.74) is 0.661. The number of nitrogens with zero attached hydrogens (tertiary/aromatic N) is 2. The molecule has 1 heterocycles. The molecule has 0 fully saturated rings. The molecule has 5 nitrogen and oxygen atoms in total. The molecule has 1 aromatic heterocycles. The van der Waals surface area contributed by atoms with Crippen molar-refractivity contribution in [2.75, 3.05) is 14.2 Å². The van der Waals surface area contributed by atoms with Crippen LogP contribution in [0.15, 0.2) is 41.2 Å². The molecule has 0 aliphatic rings. The topological polar surface area (TPSA) is 51.5 Å². The summed E-state index contributed by atoms with van der Waals surface area (Å²) in [6.45, 7) is 0.225. The van der Waals surface area contributed by atoms with E-state index < -0.39 is 5.82 Å². The maximum atomic E-state index is 13.7. The highest BCUT2D eigenvalue weighted by molar-refractivity contribution is 5.92. The molecule has 0 aliphatic heterocycles. The number of hydrogen-bond donors (Lipinski definition) is 0. The van der Waals surface area contributed by atoms with E-state index in [4.69, 9.17) is 4.74 Å². The fourth-order valence-electron chi connectivity index (χ4n) is 2.13. The van der Waals surface area contributed by atoms with E-state index in [9.17, 15) is 14.0 Å². The van der Waals surface area contributed by atoms with E-state index in [0.29, 0.717) is 5.56 Å². The summed E-state index contributed by atoms with van der Waals surface area (Å²) in [5.74, 6) is -0.632. The molecule has 22 heavy (non-hydrogen) atoms. The van der Waals surface area contributed by atoms with Gasteiger partial charge in [0.05, 0.1) is 7.11 Å². The molecule has 1 amide bonds. The van der Waals surface area contributed by atoms with Gasteiger partial charge in [0.2, 0.25) is 0 Å². The van der Waals surface area contributed by atoms with Crippen LogP contribution < -0.4 is 10.3 Å². The first-order valence-corrected chi connectivity index (χ1v) is 6.68. The van der Waals surface area contributed by atoms with Gasteiger partial charge >= 0.3 is 0 Å². The zero-order valence-corrected chi connectivity index (χ0v) is 12.7. The predicted molar refractivity (Wildman–Crippen MR) is 80.4 cm³/mol. The first kappa shape index (κ1) is 15.8. The van der Waals surface area contributed by atoms with Crippen molar-refractivity contribution in [1.82, 2.24) is 9.47 Å². The van der Waals surface area contributed by atoms with Crippen molar-refractivity contribution in [1.29, 1.82) is 0 Å². The summed E-state index contributed by atoms with van der Waals surface area (Å²) in [6, 6.07) is 9.03. The van der Waals surface area contributed by atoms with E-state index in [2.05, 4.69) is 0 Å². The summed E-state index contributed by atoms with van der Waals surface area (Å²) in [7, 11) is 4.53. The van der Waals surface area contributed by atoms with E-state index in [-0.39, 0.29) is 29.5 Å². The summed E-state index contributed by atoms with van der Waals surface area (Å²) in [5, 5.41) is 0. The molecule has 0 spiro atoms. The van der Waals surface area contributed by atoms with E-state index in [1.807, 2.05) is 0 Å². The van der Waals surface area contributed by atoms with Crippen LogP contribution >= 0.6 is 0 Å². The van der Waals surface area contributed by atoms with Gasteiger partial charge in [-0.15, -0.1) is 0 Å². The van der Waals surface area contributed by atoms with E-state index >= 15 is 0 Å². The molecule has 0 unspecified atom stereocenters. The number of rotatable bonds is 4. The Morgan fingerprint density at radius 3 is 2.68 bits per heavy atom. The summed E-state index contributed by atoms with van der Waals surface area (Å²) >= 11 is 0. The lowest BCUT2D eigenvalue weighted by atomic mass is 10.2. The van der Waals surface area contributed by atoms with Gasteiger partial charge in [0.15, 0.2) is 11.6 Å². The average molecular weight is 304 g/mol. The number of amides is 1. The first-order valence-electron chi connectivity index (χ1n) is 6.68. The maximum absolute atomic E-state index is 13.7. The molecule has 2 rings (SSSR count). The van der Waals surface area contributed by atoms with Crippen LogP contribution in [0, 0.1) is 5.82 Å². The fraction of sp³-hybridized carbons (Fsp3) is 0.250. The van der Waals surface area contributed by atoms with Crippen molar-refractivity contribution in [3.63, 3.8) is 0 Å². The highest BCUT2D eigenvalue weighted by Gasteiger charge is 2.15. The minimum atomic E-state index is -0.479. The standard InChI is InChI=1S/C16H17FN2O3/c1-18(10-11-7-8-14(22-3)12(17)9-11)16(21)13-5-4-6-15(20)19(13)2/h4-9H,10H2,1-3H3. The Morgan fingerprint density at radius 1 is 1.32 bits per heavy atom. The summed E-state index contributed by atoms with van der Waals surface area (Å²) < 4.78 is 19.8. The van der Waals surface area contributed by atoms with Crippen LogP contribution in [-0.2, 0) is 13.6 Å². The number of ether oxygens (including phenoxy) is 1. The third-order valence-electron chi connectivity index (χ3n) is 3.39. The average Bonchev–Trinajstić information content (AvgIpc) is 2.49. The summed E-state index contributed by atoms with van der Waals surface area (Å²) in [6.07, 6.45) is 0. The third kappa shape index (κ3) is 3.16. The molecule has 0 N–H and O–H groups in total. The van der Waals surface area contributed by atoms with Gasteiger partial charge in [0.1, 0.15) is 5.69 Å². The lowest BCUT2D eigenvalue weighted by molar-refractivity contribution is 0.0774. The van der Waals surface area contributed by atoms with Crippen molar-refractivity contribution in [3.8, 4) is 5.75 Å². The Morgan fingerprint density at radius 2 is 2.05 bits per heavy atom. The molecular formula is C16H17FN2O3. The van der Waals surface area contributed by atoms with Gasteiger partial charge in [-0.25, -0.2) is 4.39 Å². The Labute approximate surface area is 127 Å². The zero-order chi connectivity index (χ0) is 16.3. The SMILES string of the molecule is COc1ccc(CN(C)C(=O)c2cccc(=O)n2C)cc1F. The smallest absolute Gasteiger partial charge is 0.270 e. The minimum Gasteiger partial charge on any atom is -0.494 e. The molecule has 116 valence electrons. The molecule has 0 aliphatic carbocycles. The van der Waals surface area contributed by atoms with E-state index in [0.717, 1.165) is 0 Å². The van der Waals surface area contributed by atoms with Gasteiger partial charge < -0.3 is 14.2 Å². The lowest BCUT2D eigenvalue weighted by Crippen LogP contribution is -2.31. The number of carbonyl (C=O) groups excluding carboxylic acids is 1. The monoisotopic (exact) mass is 304 g/mol. The lowest BCUT2D eigenvalue weighted by Gasteiger charge is -2.19. The number of carbonyl (C=O) groups is 1. The maximum Gasteiger partial charge on any atom is 0.270 e. The number of pyridine rings is 1. The van der Waals surface area contributed by atoms with Crippen molar-refractivity contribution in [3.05, 3.63) is 63.8 Å². The zero-order valence-electron chi connectivity index (χ0n) is 12.7. The molecule has 0 radical (unpaired) electrons. The highest BCUT2D eigenvalue weighted by Crippen LogP contribution is 2.18. The Balaban J connectivity index is 2.20. The van der Waals surface area contributed by atoms with Crippen molar-refractivity contribution in [2.45, 2.75) is 6.54 Å². The van der Waals surface area contributed by atoms with Gasteiger partial charge in [0, 0.05) is 26.7 Å². The number of halogens is 1. The largest absolute Gasteiger partial charge is 0.494 e. The van der Waals surface area contributed by atoms with Crippen LogP contribution in [0.4, 0.5) is 4.39 Å². The van der Waals surface area contributed by atoms with Crippen molar-refractivity contribution in [2.24, 2.45) is 7.05 Å². The molecule has 0 saturated carbocycles. The van der Waals surface area contributed by atoms with Crippen molar-refractivity contribution < 1.29 is 13.9 Å². The fourth-order valence-corrected chi connectivity index (χ4v) is 2.13. The highest BCUT2D eigenvalue weighted by atomic mass is 19.1. The molecule has 6 heteroatoms. The molecule has 0 saturated heterocycles. The van der Waals surface area contributed by atoms with Gasteiger partial charge in [-0.05, 0) is 23.8 Å². The van der Waals surface area contributed by atoms with Crippen LogP contribution in [0.2, 0.25) is 0 Å². The molecule has 2 aromatic rings. The Hall–Kier alpha value is -2.63. The molecule has 0 bridgehead atoms. The van der Waals surface area contributed by atoms with Crippen LogP contribution in [0.3, 0.4) is 0 Å². The predicted octanol–water partition coefficient (Wildman–Crippen LogP) is 1.81. The van der Waals surface area contributed by atoms with Crippen LogP contribution in [0.25, 0.3) is 0 Å². The summed E-state index contributed by atoms with van der Waals surface area (Å²) in [4.78, 5) is 25.4. The second-order valence-electron chi connectivity index (χ2n) is 4.94. The van der Waals surface area contributed by atoms with Crippen molar-refractivity contribution >= 4 is 5.91 Å². The number of hydrogen-bond acceptors (Lipinski definition) is 3. The van der Waals surface area contributed by atoms with Gasteiger partial charge in [-0.1, -0.05) is 12.1 Å². The minimum absolute atomic E-state index is 0.156. The second kappa shape index (κ2) is 6.43. The molecule has 1 aromatic carbocycles. The van der Waals surface area contributed by atoms with Gasteiger partial charge in [-0.2, -0.15) is 0 Å². The van der Waals surface area contributed by atoms with Gasteiger partial charge in [0.25, 0.3) is 11.5 Å². The first-order chi connectivity index (χ1) is 10.4. The number of benzene rings is 1. The van der Waals surface area contributed by atoms with E-state index in [1.54, 1.807) is 19.2 Å². The second-order valence-corrected chi connectivity index (χ2v) is 4.94. The third-order valence-corrected chi connectivity index (χ3v) is 3.39. The number of methoxy groups -OCH3 is 1. The van der Waals surface area contributed by atoms with Crippen LogP contribution in [0.5, 0.6) is 5.75 Å². The normalized spacial score (nSPS) is 10.4. The quantitative estimate of drug-likeness (QED) is 0.865. The van der Waals surface area contributed by atoms with Crippen LogP contribution in [0.1, 0.15) is 16.1 Å². The molecular weight excluding hydrogens is 287 g/mol.